The molecule has 0 aromatic rings. The van der Waals surface area contributed by atoms with Gasteiger partial charge in [0.05, 0.1) is 0 Å². The van der Waals surface area contributed by atoms with Gasteiger partial charge in [-0.1, -0.05) is 33.3 Å². The molecule has 0 aromatic heterocycles. The Labute approximate surface area is 91.8 Å². The standard InChI is InChI=1S/C12H20N2O/c1-4-5-6-12(3,11(2)9-15)10-14-8-7-13/h7-10H,2,4-6,13H2,1,3H3/b8-7-,14-10?/t12-/m0/s1. The van der Waals surface area contributed by atoms with Crippen molar-refractivity contribution in [3.8, 4) is 0 Å². The number of nitrogens with zero attached hydrogens (tertiary/aromatic N) is 1. The van der Waals surface area contributed by atoms with E-state index in [0.29, 0.717) is 5.57 Å². The summed E-state index contributed by atoms with van der Waals surface area (Å²) in [5.41, 5.74) is 5.39. The van der Waals surface area contributed by atoms with Crippen LogP contribution in [0.2, 0.25) is 0 Å². The average molecular weight is 208 g/mol. The Morgan fingerprint density at radius 1 is 1.60 bits per heavy atom. The summed E-state index contributed by atoms with van der Waals surface area (Å²) in [6.45, 7) is 7.84. The largest absolute Gasteiger partial charge is 0.403 e. The summed E-state index contributed by atoms with van der Waals surface area (Å²) in [5.74, 6) is 0. The fraction of sp³-hybridized carbons (Fsp3) is 0.500. The van der Waals surface area contributed by atoms with Crippen LogP contribution >= 0.6 is 0 Å². The number of allylic oxidation sites excluding steroid dienone is 1. The molecule has 0 amide bonds. The van der Waals surface area contributed by atoms with E-state index in [9.17, 15) is 4.79 Å². The molecule has 0 aromatic carbocycles. The van der Waals surface area contributed by atoms with Crippen LogP contribution in [0.15, 0.2) is 29.5 Å². The van der Waals surface area contributed by atoms with Gasteiger partial charge in [-0.15, -0.1) is 0 Å². The Morgan fingerprint density at radius 2 is 2.27 bits per heavy atom. The molecule has 2 N–H and O–H groups in total. The van der Waals surface area contributed by atoms with Crippen LogP contribution in [-0.2, 0) is 4.79 Å². The lowest BCUT2D eigenvalue weighted by molar-refractivity contribution is -0.105. The first kappa shape index (κ1) is 13.6. The van der Waals surface area contributed by atoms with Gasteiger partial charge in [0.25, 0.3) is 0 Å². The Morgan fingerprint density at radius 3 is 2.73 bits per heavy atom. The first-order valence-electron chi connectivity index (χ1n) is 5.16. The molecule has 1 atom stereocenters. The second-order valence-corrected chi connectivity index (χ2v) is 3.78. The third-order valence-electron chi connectivity index (χ3n) is 2.46. The summed E-state index contributed by atoms with van der Waals surface area (Å²) in [4.78, 5) is 14.8. The molecular formula is C12H20N2O. The lowest BCUT2D eigenvalue weighted by atomic mass is 9.80. The molecule has 0 saturated heterocycles. The van der Waals surface area contributed by atoms with Gasteiger partial charge in [0.1, 0.15) is 6.29 Å². The van der Waals surface area contributed by atoms with Crippen molar-refractivity contribution in [1.82, 2.24) is 0 Å². The smallest absolute Gasteiger partial charge is 0.146 e. The maximum Gasteiger partial charge on any atom is 0.146 e. The molecule has 0 unspecified atom stereocenters. The number of carbonyl (C=O) groups excluding carboxylic acids is 1. The summed E-state index contributed by atoms with van der Waals surface area (Å²) >= 11 is 0. The lowest BCUT2D eigenvalue weighted by Gasteiger charge is -2.24. The van der Waals surface area contributed by atoms with Gasteiger partial charge in [-0.3, -0.25) is 9.79 Å². The van der Waals surface area contributed by atoms with E-state index in [0.717, 1.165) is 25.5 Å². The zero-order valence-electron chi connectivity index (χ0n) is 9.57. The van der Waals surface area contributed by atoms with Crippen molar-refractivity contribution in [3.63, 3.8) is 0 Å². The van der Waals surface area contributed by atoms with E-state index in [1.807, 2.05) is 6.92 Å². The number of rotatable bonds is 7. The van der Waals surface area contributed by atoms with E-state index in [4.69, 9.17) is 5.73 Å². The summed E-state index contributed by atoms with van der Waals surface area (Å²) in [7, 11) is 0. The first-order valence-corrected chi connectivity index (χ1v) is 5.16. The maximum atomic E-state index is 10.7. The van der Waals surface area contributed by atoms with Crippen molar-refractivity contribution >= 4 is 12.5 Å². The van der Waals surface area contributed by atoms with E-state index in [-0.39, 0.29) is 5.41 Å². The Bertz CT molecular complexity index is 269. The highest BCUT2D eigenvalue weighted by atomic mass is 16.1. The summed E-state index contributed by atoms with van der Waals surface area (Å²) in [5, 5.41) is 0. The minimum absolute atomic E-state index is 0.350. The van der Waals surface area contributed by atoms with Gasteiger partial charge in [0.2, 0.25) is 0 Å². The van der Waals surface area contributed by atoms with Gasteiger partial charge in [0.15, 0.2) is 0 Å². The van der Waals surface area contributed by atoms with Crippen LogP contribution < -0.4 is 5.73 Å². The number of unbranched alkanes of at least 4 members (excludes halogenated alkanes) is 1. The molecule has 0 rings (SSSR count). The minimum Gasteiger partial charge on any atom is -0.403 e. The highest BCUT2D eigenvalue weighted by Crippen LogP contribution is 2.28. The second kappa shape index (κ2) is 6.98. The Hall–Kier alpha value is -1.38. The molecule has 0 spiro atoms. The molecule has 3 nitrogen and oxygen atoms in total. The zero-order chi connectivity index (χ0) is 11.7. The molecule has 0 aliphatic carbocycles. The maximum absolute atomic E-state index is 10.7. The third-order valence-corrected chi connectivity index (χ3v) is 2.46. The van der Waals surface area contributed by atoms with Crippen molar-refractivity contribution in [2.75, 3.05) is 0 Å². The Balaban J connectivity index is 4.68. The van der Waals surface area contributed by atoms with Crippen LogP contribution in [-0.4, -0.2) is 12.5 Å². The van der Waals surface area contributed by atoms with E-state index in [2.05, 4.69) is 18.5 Å². The van der Waals surface area contributed by atoms with Gasteiger partial charge in [0, 0.05) is 24.0 Å². The van der Waals surface area contributed by atoms with Gasteiger partial charge >= 0.3 is 0 Å². The molecule has 0 heterocycles. The van der Waals surface area contributed by atoms with Crippen LogP contribution in [0.3, 0.4) is 0 Å². The lowest BCUT2D eigenvalue weighted by Crippen LogP contribution is -2.21. The predicted molar refractivity (Wildman–Crippen MR) is 64.7 cm³/mol. The molecular weight excluding hydrogens is 188 g/mol. The molecule has 3 heteroatoms. The van der Waals surface area contributed by atoms with Crippen molar-refractivity contribution in [3.05, 3.63) is 24.6 Å². The minimum atomic E-state index is -0.350. The number of hydrogen-bond acceptors (Lipinski definition) is 3. The molecule has 0 radical (unpaired) electrons. The SMILES string of the molecule is C=C(C=O)[C@](C)(C=N/C=C\N)CCCC. The van der Waals surface area contributed by atoms with E-state index in [1.54, 1.807) is 6.21 Å². The summed E-state index contributed by atoms with van der Waals surface area (Å²) in [6, 6.07) is 0. The highest BCUT2D eigenvalue weighted by Gasteiger charge is 2.24. The number of aliphatic imine (C=N–C) groups is 1. The number of carbonyl (C=O) groups is 1. The van der Waals surface area contributed by atoms with Crippen LogP contribution in [0.1, 0.15) is 33.1 Å². The quantitative estimate of drug-likeness (QED) is 0.397. The van der Waals surface area contributed by atoms with Crippen LogP contribution in [0.5, 0.6) is 0 Å². The van der Waals surface area contributed by atoms with Crippen molar-refractivity contribution in [2.45, 2.75) is 33.1 Å². The molecule has 0 fully saturated rings. The van der Waals surface area contributed by atoms with E-state index < -0.39 is 0 Å². The van der Waals surface area contributed by atoms with Gasteiger partial charge in [-0.2, -0.15) is 0 Å². The molecule has 0 aliphatic heterocycles. The first-order chi connectivity index (χ1) is 7.10. The third kappa shape index (κ3) is 4.58. The summed E-state index contributed by atoms with van der Waals surface area (Å²) < 4.78 is 0. The monoisotopic (exact) mass is 208 g/mol. The van der Waals surface area contributed by atoms with Gasteiger partial charge < -0.3 is 5.73 Å². The van der Waals surface area contributed by atoms with Gasteiger partial charge in [-0.05, 0) is 12.0 Å². The van der Waals surface area contributed by atoms with E-state index in [1.165, 1.54) is 12.4 Å². The predicted octanol–water partition coefficient (Wildman–Crippen LogP) is 2.44. The highest BCUT2D eigenvalue weighted by molar-refractivity contribution is 5.85. The van der Waals surface area contributed by atoms with Crippen LogP contribution in [0.4, 0.5) is 0 Å². The summed E-state index contributed by atoms with van der Waals surface area (Å²) in [6.07, 6.45) is 8.41. The molecule has 15 heavy (non-hydrogen) atoms. The van der Waals surface area contributed by atoms with Gasteiger partial charge in [-0.25, -0.2) is 0 Å². The van der Waals surface area contributed by atoms with Crippen LogP contribution in [0, 0.1) is 5.41 Å². The number of hydrogen-bond donors (Lipinski definition) is 1. The second-order valence-electron chi connectivity index (χ2n) is 3.78. The molecule has 84 valence electrons. The number of nitrogens with two attached hydrogens (primary N) is 1. The van der Waals surface area contributed by atoms with Crippen molar-refractivity contribution < 1.29 is 4.79 Å². The van der Waals surface area contributed by atoms with Crippen LogP contribution in [0.25, 0.3) is 0 Å². The zero-order valence-corrected chi connectivity index (χ0v) is 9.57. The van der Waals surface area contributed by atoms with Crippen molar-refractivity contribution in [1.29, 1.82) is 0 Å². The average Bonchev–Trinajstić information content (AvgIpc) is 2.25. The fourth-order valence-corrected chi connectivity index (χ4v) is 1.24. The number of aldehydes is 1. The Kier molecular flexibility index (Phi) is 6.34. The van der Waals surface area contributed by atoms with E-state index >= 15 is 0 Å². The van der Waals surface area contributed by atoms with Crippen molar-refractivity contribution in [2.24, 2.45) is 16.1 Å². The molecule has 0 saturated carbocycles. The molecule has 0 aliphatic rings. The fourth-order valence-electron chi connectivity index (χ4n) is 1.24. The topological polar surface area (TPSA) is 55.5 Å². The normalized spacial score (nSPS) is 15.6. The molecule has 0 bridgehead atoms.